The minimum Gasteiger partial charge on any atom is -0.508 e. The molecule has 5 nitrogen and oxygen atoms in total. The fourth-order valence-corrected chi connectivity index (χ4v) is 2.70. The van der Waals surface area contributed by atoms with Crippen LogP contribution in [-0.4, -0.2) is 24.5 Å². The second-order valence-corrected chi connectivity index (χ2v) is 5.86. The Bertz CT molecular complexity index is 811. The zero-order valence-corrected chi connectivity index (χ0v) is 14.4. The highest BCUT2D eigenvalue weighted by Gasteiger charge is 2.19. The predicted molar refractivity (Wildman–Crippen MR) is 94.0 cm³/mol. The van der Waals surface area contributed by atoms with Crippen LogP contribution in [-0.2, 0) is 16.0 Å². The summed E-state index contributed by atoms with van der Waals surface area (Å²) in [6.45, 7) is 2.19. The average molecular weight is 361 g/mol. The van der Waals surface area contributed by atoms with Crippen molar-refractivity contribution in [3.8, 4) is 17.2 Å². The highest BCUT2D eigenvalue weighted by atomic mass is 35.5. The summed E-state index contributed by atoms with van der Waals surface area (Å²) in [5.41, 5.74) is 1.97. The van der Waals surface area contributed by atoms with Crippen molar-refractivity contribution in [1.82, 2.24) is 0 Å². The van der Waals surface area contributed by atoms with Gasteiger partial charge in [0.2, 0.25) is 6.79 Å². The lowest BCUT2D eigenvalue weighted by Crippen LogP contribution is -2.10. The van der Waals surface area contributed by atoms with Gasteiger partial charge in [-0.1, -0.05) is 23.7 Å². The topological polar surface area (TPSA) is 65.0 Å². The van der Waals surface area contributed by atoms with Gasteiger partial charge in [0, 0.05) is 23.1 Å². The first-order valence-corrected chi connectivity index (χ1v) is 8.19. The van der Waals surface area contributed by atoms with Crippen LogP contribution >= 0.6 is 11.6 Å². The van der Waals surface area contributed by atoms with Crippen LogP contribution < -0.4 is 9.47 Å². The number of fused-ring (bicyclic) bond motifs is 1. The van der Waals surface area contributed by atoms with Crippen LogP contribution in [0.2, 0.25) is 5.02 Å². The number of benzene rings is 2. The standard InChI is InChI=1S/C19H17ClO5/c1-2-23-19(22)14(7-12-3-5-15(21)6-4-12)8-13-9-17-18(10-16(13)20)25-11-24-17/h3-7,9-10,21H,2,8,11H2,1H3. The molecule has 0 fully saturated rings. The molecule has 0 aromatic heterocycles. The van der Waals surface area contributed by atoms with Gasteiger partial charge in [-0.25, -0.2) is 4.79 Å². The molecule has 1 aliphatic heterocycles. The molecule has 130 valence electrons. The van der Waals surface area contributed by atoms with Crippen molar-refractivity contribution in [3.63, 3.8) is 0 Å². The average Bonchev–Trinajstić information content (AvgIpc) is 3.03. The first-order valence-electron chi connectivity index (χ1n) is 7.81. The van der Waals surface area contributed by atoms with Gasteiger partial charge in [0.25, 0.3) is 0 Å². The lowest BCUT2D eigenvalue weighted by Gasteiger charge is -2.10. The van der Waals surface area contributed by atoms with Crippen LogP contribution in [0.25, 0.3) is 6.08 Å². The van der Waals surface area contributed by atoms with E-state index < -0.39 is 5.97 Å². The third-order valence-electron chi connectivity index (χ3n) is 3.69. The number of ether oxygens (including phenoxy) is 3. The van der Waals surface area contributed by atoms with Crippen molar-refractivity contribution >= 4 is 23.6 Å². The second-order valence-electron chi connectivity index (χ2n) is 5.46. The molecule has 0 amide bonds. The SMILES string of the molecule is CCOC(=O)C(=Cc1ccc(O)cc1)Cc1cc2c(cc1Cl)OCO2. The summed E-state index contributed by atoms with van der Waals surface area (Å²) in [5.74, 6) is 0.944. The van der Waals surface area contributed by atoms with Crippen molar-refractivity contribution in [1.29, 1.82) is 0 Å². The van der Waals surface area contributed by atoms with Crippen LogP contribution in [0.15, 0.2) is 42.0 Å². The third-order valence-corrected chi connectivity index (χ3v) is 4.05. The lowest BCUT2D eigenvalue weighted by molar-refractivity contribution is -0.138. The molecule has 3 rings (SSSR count). The summed E-state index contributed by atoms with van der Waals surface area (Å²) in [7, 11) is 0. The van der Waals surface area contributed by atoms with Gasteiger partial charge >= 0.3 is 5.97 Å². The van der Waals surface area contributed by atoms with Crippen molar-refractivity contribution in [2.45, 2.75) is 13.3 Å². The van der Waals surface area contributed by atoms with Gasteiger partial charge in [-0.15, -0.1) is 0 Å². The van der Waals surface area contributed by atoms with Crippen molar-refractivity contribution < 1.29 is 24.1 Å². The Balaban J connectivity index is 1.92. The number of rotatable bonds is 5. The van der Waals surface area contributed by atoms with Crippen molar-refractivity contribution in [3.05, 3.63) is 58.1 Å². The number of carbonyl (C=O) groups is 1. The largest absolute Gasteiger partial charge is 0.508 e. The second kappa shape index (κ2) is 7.49. The zero-order chi connectivity index (χ0) is 17.8. The molecule has 25 heavy (non-hydrogen) atoms. The Morgan fingerprint density at radius 3 is 2.60 bits per heavy atom. The molecule has 0 saturated carbocycles. The Morgan fingerprint density at radius 1 is 1.24 bits per heavy atom. The van der Waals surface area contributed by atoms with E-state index in [1.807, 2.05) is 0 Å². The predicted octanol–water partition coefficient (Wildman–Crippen LogP) is 3.96. The highest BCUT2D eigenvalue weighted by molar-refractivity contribution is 6.31. The molecule has 2 aromatic carbocycles. The Labute approximate surface area is 150 Å². The summed E-state index contributed by atoms with van der Waals surface area (Å²) in [4.78, 5) is 12.3. The lowest BCUT2D eigenvalue weighted by atomic mass is 10.0. The van der Waals surface area contributed by atoms with Crippen LogP contribution in [0.4, 0.5) is 0 Å². The highest BCUT2D eigenvalue weighted by Crippen LogP contribution is 2.37. The van der Waals surface area contributed by atoms with E-state index >= 15 is 0 Å². The number of hydrogen-bond donors (Lipinski definition) is 1. The molecule has 1 N–H and O–H groups in total. The van der Waals surface area contributed by atoms with Crippen LogP contribution in [0.3, 0.4) is 0 Å². The molecule has 0 atom stereocenters. The summed E-state index contributed by atoms with van der Waals surface area (Å²) in [6, 6.07) is 10.0. The molecule has 1 heterocycles. The first kappa shape index (κ1) is 17.2. The fourth-order valence-electron chi connectivity index (χ4n) is 2.48. The molecular formula is C19H17ClO5. The Kier molecular flexibility index (Phi) is 5.14. The maximum atomic E-state index is 12.3. The van der Waals surface area contributed by atoms with Crippen LogP contribution in [0, 0.1) is 0 Å². The number of aromatic hydroxyl groups is 1. The minimum absolute atomic E-state index is 0.156. The van der Waals surface area contributed by atoms with E-state index in [9.17, 15) is 9.90 Å². The number of carbonyl (C=O) groups excluding carboxylic acids is 1. The number of hydrogen-bond acceptors (Lipinski definition) is 5. The van der Waals surface area contributed by atoms with Crippen molar-refractivity contribution in [2.24, 2.45) is 0 Å². The fraction of sp³-hybridized carbons (Fsp3) is 0.211. The maximum Gasteiger partial charge on any atom is 0.334 e. The van der Waals surface area contributed by atoms with E-state index in [0.29, 0.717) is 22.1 Å². The van der Waals surface area contributed by atoms with Crippen LogP contribution in [0.1, 0.15) is 18.1 Å². The molecule has 0 bridgehead atoms. The third kappa shape index (κ3) is 4.06. The molecule has 0 saturated heterocycles. The monoisotopic (exact) mass is 360 g/mol. The van der Waals surface area contributed by atoms with Gasteiger partial charge in [-0.05, 0) is 42.3 Å². The molecule has 2 aromatic rings. The van der Waals surface area contributed by atoms with E-state index in [-0.39, 0.29) is 25.6 Å². The Hall–Kier alpha value is -2.66. The van der Waals surface area contributed by atoms with Gasteiger partial charge in [-0.2, -0.15) is 0 Å². The molecule has 0 radical (unpaired) electrons. The quantitative estimate of drug-likeness (QED) is 0.645. The number of phenols is 1. The number of halogens is 1. The minimum atomic E-state index is -0.413. The number of esters is 1. The molecular weight excluding hydrogens is 344 g/mol. The van der Waals surface area contributed by atoms with E-state index in [0.717, 1.165) is 11.1 Å². The van der Waals surface area contributed by atoms with Gasteiger partial charge in [0.15, 0.2) is 11.5 Å². The summed E-state index contributed by atoms with van der Waals surface area (Å²) in [5, 5.41) is 9.88. The molecule has 0 aliphatic carbocycles. The molecule has 0 unspecified atom stereocenters. The smallest absolute Gasteiger partial charge is 0.334 e. The summed E-state index contributed by atoms with van der Waals surface area (Å²) in [6.07, 6.45) is 2.01. The van der Waals surface area contributed by atoms with E-state index in [1.54, 1.807) is 49.4 Å². The van der Waals surface area contributed by atoms with Gasteiger partial charge in [0.05, 0.1) is 6.61 Å². The first-order chi connectivity index (χ1) is 12.1. The van der Waals surface area contributed by atoms with Gasteiger partial charge in [0.1, 0.15) is 5.75 Å². The molecule has 1 aliphatic rings. The Morgan fingerprint density at radius 2 is 1.92 bits per heavy atom. The normalized spacial score (nSPS) is 13.0. The molecule has 0 spiro atoms. The van der Waals surface area contributed by atoms with E-state index in [4.69, 9.17) is 25.8 Å². The summed E-state index contributed by atoms with van der Waals surface area (Å²) >= 11 is 6.31. The molecule has 6 heteroatoms. The van der Waals surface area contributed by atoms with E-state index in [1.165, 1.54) is 0 Å². The number of phenolic OH excluding ortho intramolecular Hbond substituents is 1. The van der Waals surface area contributed by atoms with Gasteiger partial charge in [-0.3, -0.25) is 0 Å². The zero-order valence-electron chi connectivity index (χ0n) is 13.6. The van der Waals surface area contributed by atoms with E-state index in [2.05, 4.69) is 0 Å². The van der Waals surface area contributed by atoms with Gasteiger partial charge < -0.3 is 19.3 Å². The van der Waals surface area contributed by atoms with Crippen LogP contribution in [0.5, 0.6) is 17.2 Å². The summed E-state index contributed by atoms with van der Waals surface area (Å²) < 4.78 is 15.8. The maximum absolute atomic E-state index is 12.3. The van der Waals surface area contributed by atoms with Crippen molar-refractivity contribution in [2.75, 3.05) is 13.4 Å².